The topological polar surface area (TPSA) is 52.3 Å². The number of para-hydroxylation sites is 2. The van der Waals surface area contributed by atoms with Crippen LogP contribution in [0.2, 0.25) is 0 Å². The molecule has 1 aromatic heterocycles. The minimum Gasteiger partial charge on any atom is -0.465 e. The van der Waals surface area contributed by atoms with Gasteiger partial charge in [-0.1, -0.05) is 48.5 Å². The van der Waals surface area contributed by atoms with Gasteiger partial charge in [0, 0.05) is 18.4 Å². The molecule has 0 fully saturated rings. The van der Waals surface area contributed by atoms with Crippen LogP contribution < -0.4 is 0 Å². The maximum Gasteiger partial charge on any atom is 0.302 e. The molecule has 3 aromatic carbocycles. The highest BCUT2D eigenvalue weighted by molar-refractivity contribution is 5.76. The summed E-state index contributed by atoms with van der Waals surface area (Å²) < 4.78 is 11.3. The van der Waals surface area contributed by atoms with Crippen LogP contribution in [-0.4, -0.2) is 17.6 Å². The number of carbonyl (C=O) groups is 1. The Kier molecular flexibility index (Phi) is 4.94. The van der Waals surface area contributed by atoms with Crippen LogP contribution in [0.4, 0.5) is 0 Å². The van der Waals surface area contributed by atoms with Crippen LogP contribution in [0.3, 0.4) is 0 Å². The Bertz CT molecular complexity index is 1080. The van der Waals surface area contributed by atoms with Crippen molar-refractivity contribution in [3.8, 4) is 11.5 Å². The predicted octanol–water partition coefficient (Wildman–Crippen LogP) is 5.50. The predicted molar refractivity (Wildman–Crippen MR) is 109 cm³/mol. The number of aromatic nitrogens is 1. The Morgan fingerprint density at radius 2 is 1.79 bits per heavy atom. The lowest BCUT2D eigenvalue weighted by Gasteiger charge is -2.20. The number of nitrogens with zero attached hydrogens (tertiary/aromatic N) is 1. The Balaban J connectivity index is 1.78. The number of hydrogen-bond acceptors (Lipinski definition) is 4. The Morgan fingerprint density at radius 1 is 1.04 bits per heavy atom. The first kappa shape index (κ1) is 18.0. The van der Waals surface area contributed by atoms with Gasteiger partial charge in [0.1, 0.15) is 12.1 Å². The molecule has 28 heavy (non-hydrogen) atoms. The van der Waals surface area contributed by atoms with Gasteiger partial charge in [-0.25, -0.2) is 4.98 Å². The fourth-order valence-electron chi connectivity index (χ4n) is 3.40. The molecule has 1 heterocycles. The highest BCUT2D eigenvalue weighted by atomic mass is 16.5. The number of ether oxygens (including phenoxy) is 1. The number of oxazole rings is 1. The maximum absolute atomic E-state index is 11.4. The standard InChI is InChI=1S/C24H21NO3/c1-16-12-13-19(24-25-22-10-6-7-11-23(22)28-24)14-20(16)21(15-27-17(2)26)18-8-4-3-5-9-18/h3-14,21H,15H2,1-2H3. The molecule has 0 aliphatic heterocycles. The summed E-state index contributed by atoms with van der Waals surface area (Å²) in [6, 6.07) is 24.0. The van der Waals surface area contributed by atoms with Gasteiger partial charge in [-0.2, -0.15) is 0 Å². The third kappa shape index (κ3) is 3.67. The highest BCUT2D eigenvalue weighted by Gasteiger charge is 2.20. The summed E-state index contributed by atoms with van der Waals surface area (Å²) >= 11 is 0. The fourth-order valence-corrected chi connectivity index (χ4v) is 3.40. The van der Waals surface area contributed by atoms with Crippen LogP contribution in [0.15, 0.2) is 77.2 Å². The Hall–Kier alpha value is -3.40. The van der Waals surface area contributed by atoms with Crippen molar-refractivity contribution in [1.29, 1.82) is 0 Å². The smallest absolute Gasteiger partial charge is 0.302 e. The van der Waals surface area contributed by atoms with E-state index in [-0.39, 0.29) is 18.5 Å². The largest absolute Gasteiger partial charge is 0.465 e. The quantitative estimate of drug-likeness (QED) is 0.435. The van der Waals surface area contributed by atoms with Crippen molar-refractivity contribution < 1.29 is 13.9 Å². The van der Waals surface area contributed by atoms with Gasteiger partial charge >= 0.3 is 5.97 Å². The average molecular weight is 371 g/mol. The minimum atomic E-state index is -0.284. The van der Waals surface area contributed by atoms with E-state index in [1.54, 1.807) is 0 Å². The summed E-state index contributed by atoms with van der Waals surface area (Å²) in [7, 11) is 0. The molecule has 140 valence electrons. The van der Waals surface area contributed by atoms with Gasteiger partial charge in [0.25, 0.3) is 0 Å². The number of fused-ring (bicyclic) bond motifs is 1. The normalized spacial score (nSPS) is 12.1. The Morgan fingerprint density at radius 3 is 2.54 bits per heavy atom. The van der Waals surface area contributed by atoms with Crippen LogP contribution >= 0.6 is 0 Å². The van der Waals surface area contributed by atoms with Crippen LogP contribution in [0.25, 0.3) is 22.6 Å². The maximum atomic E-state index is 11.4. The summed E-state index contributed by atoms with van der Waals surface area (Å²) in [4.78, 5) is 16.0. The molecule has 0 saturated heterocycles. The zero-order valence-electron chi connectivity index (χ0n) is 15.9. The lowest BCUT2D eigenvalue weighted by Crippen LogP contribution is -2.13. The van der Waals surface area contributed by atoms with Crippen molar-refractivity contribution in [3.05, 3.63) is 89.5 Å². The monoisotopic (exact) mass is 371 g/mol. The molecule has 4 heteroatoms. The summed E-state index contributed by atoms with van der Waals surface area (Å²) in [5.41, 5.74) is 5.81. The van der Waals surface area contributed by atoms with Gasteiger partial charge in [0.15, 0.2) is 5.58 Å². The lowest BCUT2D eigenvalue weighted by atomic mass is 9.88. The van der Waals surface area contributed by atoms with Gasteiger partial charge in [-0.15, -0.1) is 0 Å². The third-order valence-corrected chi connectivity index (χ3v) is 4.85. The zero-order chi connectivity index (χ0) is 19.5. The van der Waals surface area contributed by atoms with Crippen molar-refractivity contribution in [2.45, 2.75) is 19.8 Å². The van der Waals surface area contributed by atoms with Crippen molar-refractivity contribution >= 4 is 17.1 Å². The van der Waals surface area contributed by atoms with E-state index < -0.39 is 0 Å². The molecule has 1 atom stereocenters. The molecule has 0 aliphatic carbocycles. The minimum absolute atomic E-state index is 0.0607. The van der Waals surface area contributed by atoms with E-state index in [9.17, 15) is 4.79 Å². The second-order valence-corrected chi connectivity index (χ2v) is 6.82. The number of esters is 1. The number of carbonyl (C=O) groups excluding carboxylic acids is 1. The van der Waals surface area contributed by atoms with Gasteiger partial charge in [-0.3, -0.25) is 4.79 Å². The zero-order valence-corrected chi connectivity index (χ0v) is 15.9. The molecule has 0 saturated carbocycles. The highest BCUT2D eigenvalue weighted by Crippen LogP contribution is 2.32. The number of hydrogen-bond donors (Lipinski definition) is 0. The third-order valence-electron chi connectivity index (χ3n) is 4.85. The molecule has 0 spiro atoms. The molecule has 0 aliphatic rings. The van der Waals surface area contributed by atoms with E-state index in [1.165, 1.54) is 6.92 Å². The lowest BCUT2D eigenvalue weighted by molar-refractivity contribution is -0.141. The fraction of sp³-hybridized carbons (Fsp3) is 0.167. The summed E-state index contributed by atoms with van der Waals surface area (Å²) in [6.07, 6.45) is 0. The summed E-state index contributed by atoms with van der Waals surface area (Å²) in [5, 5.41) is 0. The molecular weight excluding hydrogens is 350 g/mol. The molecule has 0 amide bonds. The second kappa shape index (κ2) is 7.69. The van der Waals surface area contributed by atoms with Crippen molar-refractivity contribution in [1.82, 2.24) is 4.98 Å². The molecule has 4 rings (SSSR count). The Labute approximate surface area is 163 Å². The van der Waals surface area contributed by atoms with Crippen LogP contribution in [0, 0.1) is 6.92 Å². The molecular formula is C24H21NO3. The molecule has 1 unspecified atom stereocenters. The van der Waals surface area contributed by atoms with Gasteiger partial charge in [0.2, 0.25) is 5.89 Å². The first-order valence-corrected chi connectivity index (χ1v) is 9.26. The summed E-state index contributed by atoms with van der Waals surface area (Å²) in [6.45, 7) is 3.79. The number of rotatable bonds is 5. The van der Waals surface area contributed by atoms with Gasteiger partial charge in [0.05, 0.1) is 0 Å². The molecule has 0 radical (unpaired) electrons. The molecule has 0 N–H and O–H groups in total. The number of benzene rings is 3. The van der Waals surface area contributed by atoms with Gasteiger partial charge in [-0.05, 0) is 47.9 Å². The summed E-state index contributed by atoms with van der Waals surface area (Å²) in [5.74, 6) is 0.241. The van der Waals surface area contributed by atoms with Crippen molar-refractivity contribution in [2.24, 2.45) is 0 Å². The number of aryl methyl sites for hydroxylation is 1. The van der Waals surface area contributed by atoms with E-state index in [0.29, 0.717) is 5.89 Å². The second-order valence-electron chi connectivity index (χ2n) is 6.82. The van der Waals surface area contributed by atoms with E-state index in [0.717, 1.165) is 33.4 Å². The van der Waals surface area contributed by atoms with Crippen LogP contribution in [0.5, 0.6) is 0 Å². The molecule has 4 aromatic rings. The van der Waals surface area contributed by atoms with E-state index in [4.69, 9.17) is 9.15 Å². The SMILES string of the molecule is CC(=O)OCC(c1ccccc1)c1cc(-c2nc3ccccc3o2)ccc1C. The first-order chi connectivity index (χ1) is 13.6. The van der Waals surface area contributed by atoms with Crippen LogP contribution in [-0.2, 0) is 9.53 Å². The van der Waals surface area contributed by atoms with E-state index >= 15 is 0 Å². The van der Waals surface area contributed by atoms with Crippen molar-refractivity contribution in [3.63, 3.8) is 0 Å². The van der Waals surface area contributed by atoms with E-state index in [1.807, 2.05) is 48.5 Å². The first-order valence-electron chi connectivity index (χ1n) is 9.26. The van der Waals surface area contributed by atoms with E-state index in [2.05, 4.69) is 36.2 Å². The van der Waals surface area contributed by atoms with Gasteiger partial charge < -0.3 is 9.15 Å². The molecule has 4 nitrogen and oxygen atoms in total. The average Bonchev–Trinajstić information content (AvgIpc) is 3.14. The van der Waals surface area contributed by atoms with Crippen LogP contribution in [0.1, 0.15) is 29.5 Å². The van der Waals surface area contributed by atoms with Crippen molar-refractivity contribution in [2.75, 3.05) is 6.61 Å². The molecule has 0 bridgehead atoms.